The molecule has 0 saturated carbocycles. The molecule has 0 aliphatic carbocycles. The predicted octanol–water partition coefficient (Wildman–Crippen LogP) is 15.4. The molecule has 8 aromatic carbocycles. The molecule has 0 radical (unpaired) electrons. The molecule has 0 aliphatic heterocycles. The largest absolute Gasteiger partial charge is 0.340 e. The molecular formula is C56H46N4. The van der Waals surface area contributed by atoms with Crippen LogP contribution in [-0.4, -0.2) is 18.3 Å². The maximum Gasteiger partial charge on any atom is 0.0788 e. The molecular weight excluding hydrogens is 729 g/mol. The highest BCUT2D eigenvalue weighted by molar-refractivity contribution is 6.24. The first-order valence-corrected chi connectivity index (χ1v) is 21.8. The van der Waals surface area contributed by atoms with E-state index in [1.54, 1.807) is 0 Å². The van der Waals surface area contributed by atoms with Crippen molar-refractivity contribution in [2.24, 2.45) is 0 Å². The van der Waals surface area contributed by atoms with Gasteiger partial charge in [0, 0.05) is 77.7 Å². The van der Waals surface area contributed by atoms with E-state index in [1.165, 1.54) is 126 Å². The van der Waals surface area contributed by atoms with Gasteiger partial charge in [-0.3, -0.25) is 0 Å². The molecule has 0 fully saturated rings. The summed E-state index contributed by atoms with van der Waals surface area (Å²) < 4.78 is 10.1. The molecule has 0 saturated heterocycles. The molecule has 12 rings (SSSR count). The third kappa shape index (κ3) is 5.23. The first-order chi connectivity index (χ1) is 29.8. The first kappa shape index (κ1) is 35.0. The first-order valence-electron chi connectivity index (χ1n) is 21.8. The average molecular weight is 775 g/mol. The average Bonchev–Trinajstić information content (AvgIpc) is 4.02. The Morgan fingerprint density at radius 3 is 1.40 bits per heavy atom. The van der Waals surface area contributed by atoms with Crippen molar-refractivity contribution in [3.8, 4) is 17.1 Å². The lowest BCUT2D eigenvalue weighted by molar-refractivity contribution is 0.571. The van der Waals surface area contributed by atoms with Crippen LogP contribution in [0.3, 0.4) is 0 Å². The highest BCUT2D eigenvalue weighted by Crippen LogP contribution is 2.43. The van der Waals surface area contributed by atoms with Gasteiger partial charge >= 0.3 is 0 Å². The number of para-hydroxylation sites is 5. The van der Waals surface area contributed by atoms with Crippen molar-refractivity contribution >= 4 is 87.2 Å². The molecule has 0 spiro atoms. The summed E-state index contributed by atoms with van der Waals surface area (Å²) in [5, 5.41) is 10.2. The molecule has 0 unspecified atom stereocenters. The third-order valence-electron chi connectivity index (χ3n) is 13.1. The second-order valence-corrected chi connectivity index (χ2v) is 16.6. The minimum absolute atomic E-state index is 1.04. The molecule has 0 aliphatic rings. The van der Waals surface area contributed by atoms with E-state index in [2.05, 4.69) is 201 Å². The van der Waals surface area contributed by atoms with E-state index in [0.29, 0.717) is 0 Å². The lowest BCUT2D eigenvalue weighted by Crippen LogP contribution is -2.00. The second kappa shape index (κ2) is 14.1. The molecule has 12 aromatic rings. The van der Waals surface area contributed by atoms with E-state index >= 15 is 0 Å². The van der Waals surface area contributed by atoms with Crippen LogP contribution in [0.4, 0.5) is 0 Å². The molecule has 4 heteroatoms. The van der Waals surface area contributed by atoms with E-state index < -0.39 is 0 Å². The Morgan fingerprint density at radius 1 is 0.300 bits per heavy atom. The van der Waals surface area contributed by atoms with E-state index in [1.807, 2.05) is 0 Å². The Balaban J connectivity index is 1.10. The number of rotatable bonds is 10. The summed E-state index contributed by atoms with van der Waals surface area (Å²) in [5.74, 6) is 0. The van der Waals surface area contributed by atoms with Crippen LogP contribution in [-0.2, 0) is 6.54 Å². The Bertz CT molecular complexity index is 3590. The van der Waals surface area contributed by atoms with Crippen LogP contribution in [0, 0.1) is 0 Å². The van der Waals surface area contributed by atoms with Crippen LogP contribution in [0.25, 0.3) is 104 Å². The van der Waals surface area contributed by atoms with Crippen LogP contribution >= 0.6 is 0 Å². The number of fused-ring (bicyclic) bond motifs is 13. The fourth-order valence-corrected chi connectivity index (χ4v) is 10.5. The highest BCUT2D eigenvalue weighted by Gasteiger charge is 2.22. The maximum atomic E-state index is 2.59. The van der Waals surface area contributed by atoms with Crippen LogP contribution < -0.4 is 0 Å². The molecule has 60 heavy (non-hydrogen) atoms. The van der Waals surface area contributed by atoms with Crippen LogP contribution in [0.5, 0.6) is 0 Å². The van der Waals surface area contributed by atoms with Crippen LogP contribution in [0.1, 0.15) is 45.4 Å². The minimum atomic E-state index is 1.04. The summed E-state index contributed by atoms with van der Waals surface area (Å²) >= 11 is 0. The van der Waals surface area contributed by atoms with E-state index in [4.69, 9.17) is 0 Å². The van der Waals surface area contributed by atoms with Gasteiger partial charge in [0.25, 0.3) is 0 Å². The molecule has 0 N–H and O–H groups in total. The number of unbranched alkanes of at least 4 members (excludes halogenated alkanes) is 5. The number of aryl methyl sites for hydroxylation is 1. The molecule has 290 valence electrons. The van der Waals surface area contributed by atoms with Gasteiger partial charge in [-0.05, 0) is 73.2 Å². The summed E-state index contributed by atoms with van der Waals surface area (Å²) in [6.07, 6.45) is 7.75. The zero-order valence-corrected chi connectivity index (χ0v) is 34.0. The Hall–Kier alpha value is -7.04. The number of hydrogen-bond donors (Lipinski definition) is 0. The summed E-state index contributed by atoms with van der Waals surface area (Å²) in [7, 11) is 0. The minimum Gasteiger partial charge on any atom is -0.340 e. The van der Waals surface area contributed by atoms with Gasteiger partial charge in [-0.15, -0.1) is 0 Å². The third-order valence-corrected chi connectivity index (χ3v) is 13.1. The van der Waals surface area contributed by atoms with Gasteiger partial charge in [0.15, 0.2) is 0 Å². The van der Waals surface area contributed by atoms with Gasteiger partial charge in [-0.2, -0.15) is 0 Å². The maximum absolute atomic E-state index is 2.59. The molecule has 4 heterocycles. The summed E-state index contributed by atoms with van der Waals surface area (Å²) in [6, 6.07) is 65.4. The van der Waals surface area contributed by atoms with Crippen molar-refractivity contribution in [2.75, 3.05) is 0 Å². The molecule has 4 aromatic heterocycles. The number of aromatic nitrogens is 4. The Kier molecular flexibility index (Phi) is 8.19. The summed E-state index contributed by atoms with van der Waals surface area (Å²) in [5.41, 5.74) is 13.4. The fraction of sp³-hybridized carbons (Fsp3) is 0.143. The van der Waals surface area contributed by atoms with Gasteiger partial charge in [0.1, 0.15) is 0 Å². The van der Waals surface area contributed by atoms with Crippen LogP contribution in [0.15, 0.2) is 176 Å². The normalized spacial score (nSPS) is 12.2. The van der Waals surface area contributed by atoms with Crippen molar-refractivity contribution in [1.82, 2.24) is 18.3 Å². The van der Waals surface area contributed by atoms with Crippen molar-refractivity contribution in [3.05, 3.63) is 176 Å². The van der Waals surface area contributed by atoms with Crippen molar-refractivity contribution in [2.45, 2.75) is 52.0 Å². The number of nitrogens with zero attached hydrogens (tertiary/aromatic N) is 4. The second-order valence-electron chi connectivity index (χ2n) is 16.6. The SMILES string of the molecule is CCCCCCCCn1c2ccccc2c2cc3c(cc21)c1ccccc1n3-c1cccc(-n2c3ccccc3c3ccc4c5ccccc5n(-c5ccccc5)c4c32)c1. The van der Waals surface area contributed by atoms with Crippen LogP contribution in [0.2, 0.25) is 0 Å². The molecule has 0 amide bonds. The topological polar surface area (TPSA) is 19.7 Å². The number of hydrogen-bond acceptors (Lipinski definition) is 0. The lowest BCUT2D eigenvalue weighted by Gasteiger charge is -2.14. The monoisotopic (exact) mass is 774 g/mol. The van der Waals surface area contributed by atoms with Crippen molar-refractivity contribution in [3.63, 3.8) is 0 Å². The molecule has 0 bridgehead atoms. The Morgan fingerprint density at radius 2 is 0.750 bits per heavy atom. The van der Waals surface area contributed by atoms with Gasteiger partial charge in [-0.25, -0.2) is 0 Å². The number of benzene rings is 8. The van der Waals surface area contributed by atoms with Gasteiger partial charge in [-0.1, -0.05) is 148 Å². The fourth-order valence-electron chi connectivity index (χ4n) is 10.5. The van der Waals surface area contributed by atoms with E-state index in [9.17, 15) is 0 Å². The van der Waals surface area contributed by atoms with Gasteiger partial charge < -0.3 is 18.3 Å². The smallest absolute Gasteiger partial charge is 0.0788 e. The standard InChI is InChI=1S/C56H46N4/c1-2-3-4-5-6-18-34-57-49-28-14-10-26-43(49)47-37-54-48(36-53(47)57)44-27-13-15-29-50(44)58(54)39-22-19-23-40(35-39)60-52-31-17-12-25-42(52)46-33-32-45-41-24-11-16-30-51(41)59(55(45)56(46)60)38-20-8-7-9-21-38/h7-17,19-33,35-37H,2-6,18,34H2,1H3. The van der Waals surface area contributed by atoms with Gasteiger partial charge in [0.05, 0.1) is 33.1 Å². The van der Waals surface area contributed by atoms with Gasteiger partial charge in [0.2, 0.25) is 0 Å². The Labute approximate surface area is 349 Å². The van der Waals surface area contributed by atoms with Crippen molar-refractivity contribution in [1.29, 1.82) is 0 Å². The zero-order chi connectivity index (χ0) is 39.7. The predicted molar refractivity (Wildman–Crippen MR) is 256 cm³/mol. The summed E-state index contributed by atoms with van der Waals surface area (Å²) in [4.78, 5) is 0. The zero-order valence-electron chi connectivity index (χ0n) is 34.0. The highest BCUT2D eigenvalue weighted by atomic mass is 15.1. The quantitative estimate of drug-likeness (QED) is 0.123. The lowest BCUT2D eigenvalue weighted by atomic mass is 10.1. The van der Waals surface area contributed by atoms with E-state index in [-0.39, 0.29) is 0 Å². The molecule has 4 nitrogen and oxygen atoms in total. The van der Waals surface area contributed by atoms with E-state index in [0.717, 1.165) is 23.6 Å². The van der Waals surface area contributed by atoms with Crippen molar-refractivity contribution < 1.29 is 0 Å². The summed E-state index contributed by atoms with van der Waals surface area (Å²) in [6.45, 7) is 3.33. The molecule has 0 atom stereocenters.